The van der Waals surface area contributed by atoms with Gasteiger partial charge in [-0.2, -0.15) is 0 Å². The molecule has 1 aliphatic carbocycles. The van der Waals surface area contributed by atoms with E-state index in [4.69, 9.17) is 0 Å². The molecule has 1 rings (SSSR count). The molecule has 0 saturated heterocycles. The number of carbonyl (C=O) groups excluding carboxylic acids is 1. The van der Waals surface area contributed by atoms with Crippen LogP contribution in [0.1, 0.15) is 19.3 Å². The normalized spacial score (nSPS) is 18.0. The molecule has 0 aromatic carbocycles. The van der Waals surface area contributed by atoms with Crippen molar-refractivity contribution in [3.8, 4) is 0 Å². The number of hydrogen-bond acceptors (Lipinski definition) is 2. The summed E-state index contributed by atoms with van der Waals surface area (Å²) in [5.74, 6) is 0. The van der Waals surface area contributed by atoms with Crippen LogP contribution in [0.2, 0.25) is 0 Å². The Balaban J connectivity index is 0.000000490. The molecule has 0 spiro atoms. The third-order valence-electron chi connectivity index (χ3n) is 1.30. The fourth-order valence-corrected chi connectivity index (χ4v) is 0.585. The molecular weight excluding hydrogens is 99.0 g/mol. The van der Waals surface area contributed by atoms with E-state index in [9.17, 15) is 4.79 Å². The van der Waals surface area contributed by atoms with Crippen molar-refractivity contribution in [2.75, 3.05) is 0 Å². The van der Waals surface area contributed by atoms with E-state index in [2.05, 4.69) is 4.74 Å². The molecule has 0 N–H and O–H groups in total. The van der Waals surface area contributed by atoms with Crippen LogP contribution in [0.15, 0.2) is 0 Å². The van der Waals surface area contributed by atoms with Gasteiger partial charge >= 0.3 is 18.9 Å². The first-order valence-corrected chi connectivity index (χ1v) is 2.52. The molecule has 42 valence electrons. The Bertz CT molecular complexity index is 70.8. The van der Waals surface area contributed by atoms with Gasteiger partial charge in [-0.25, -0.2) is 0 Å². The van der Waals surface area contributed by atoms with Crippen molar-refractivity contribution >= 4 is 25.3 Å². The second-order valence-electron chi connectivity index (χ2n) is 1.79. The SMILES string of the molecule is O=COC1CCC1.[LiH]. The number of ether oxygens (including phenoxy) is 1. The monoisotopic (exact) mass is 108 g/mol. The zero-order valence-corrected chi connectivity index (χ0v) is 4.09. The van der Waals surface area contributed by atoms with Crippen LogP contribution in [-0.2, 0) is 9.53 Å². The molecule has 1 fully saturated rings. The summed E-state index contributed by atoms with van der Waals surface area (Å²) in [6, 6.07) is 0. The van der Waals surface area contributed by atoms with Gasteiger partial charge in [0.25, 0.3) is 6.47 Å². The summed E-state index contributed by atoms with van der Waals surface area (Å²) >= 11 is 0. The predicted molar refractivity (Wildman–Crippen MR) is 31.9 cm³/mol. The fraction of sp³-hybridized carbons (Fsp3) is 0.800. The van der Waals surface area contributed by atoms with Gasteiger partial charge in [0.1, 0.15) is 6.10 Å². The van der Waals surface area contributed by atoms with Gasteiger partial charge in [0.15, 0.2) is 0 Å². The van der Waals surface area contributed by atoms with E-state index in [1.54, 1.807) is 0 Å². The van der Waals surface area contributed by atoms with Crippen LogP contribution >= 0.6 is 0 Å². The average molecular weight is 108 g/mol. The summed E-state index contributed by atoms with van der Waals surface area (Å²) in [5.41, 5.74) is 0. The van der Waals surface area contributed by atoms with Crippen LogP contribution < -0.4 is 0 Å². The van der Waals surface area contributed by atoms with Crippen LogP contribution in [0.3, 0.4) is 0 Å². The van der Waals surface area contributed by atoms with E-state index in [1.807, 2.05) is 0 Å². The van der Waals surface area contributed by atoms with Gasteiger partial charge in [0.2, 0.25) is 0 Å². The second kappa shape index (κ2) is 4.00. The van der Waals surface area contributed by atoms with E-state index >= 15 is 0 Å². The third kappa shape index (κ3) is 1.89. The van der Waals surface area contributed by atoms with Gasteiger partial charge in [0, 0.05) is 0 Å². The molecular formula is C5H9LiO2. The first-order valence-electron chi connectivity index (χ1n) is 2.52. The molecule has 2 nitrogen and oxygen atoms in total. The first kappa shape index (κ1) is 8.07. The number of rotatable bonds is 2. The Morgan fingerprint density at radius 1 is 1.50 bits per heavy atom. The van der Waals surface area contributed by atoms with Gasteiger partial charge < -0.3 is 4.74 Å². The third-order valence-corrected chi connectivity index (χ3v) is 1.30. The molecule has 8 heavy (non-hydrogen) atoms. The van der Waals surface area contributed by atoms with Gasteiger partial charge in [-0.15, -0.1) is 0 Å². The van der Waals surface area contributed by atoms with Gasteiger partial charge in [0.05, 0.1) is 0 Å². The molecule has 0 radical (unpaired) electrons. The van der Waals surface area contributed by atoms with E-state index in [0.29, 0.717) is 6.47 Å². The minimum atomic E-state index is 0. The fourth-order valence-electron chi connectivity index (χ4n) is 0.585. The van der Waals surface area contributed by atoms with Gasteiger partial charge in [-0.1, -0.05) is 0 Å². The Morgan fingerprint density at radius 3 is 2.25 bits per heavy atom. The van der Waals surface area contributed by atoms with Crippen molar-refractivity contribution < 1.29 is 9.53 Å². The molecule has 1 saturated carbocycles. The van der Waals surface area contributed by atoms with Crippen molar-refractivity contribution in [2.45, 2.75) is 25.4 Å². The van der Waals surface area contributed by atoms with E-state index < -0.39 is 0 Å². The Labute approximate surface area is 60.8 Å². The summed E-state index contributed by atoms with van der Waals surface area (Å²) in [6.07, 6.45) is 3.62. The first-order chi connectivity index (χ1) is 3.43. The topological polar surface area (TPSA) is 26.3 Å². The Morgan fingerprint density at radius 2 is 2.12 bits per heavy atom. The second-order valence-corrected chi connectivity index (χ2v) is 1.79. The molecule has 0 bridgehead atoms. The molecule has 3 heteroatoms. The average Bonchev–Trinajstić information content (AvgIpc) is 1.55. The predicted octanol–water partition coefficient (Wildman–Crippen LogP) is 0.0634. The van der Waals surface area contributed by atoms with Gasteiger partial charge in [-0.05, 0) is 19.3 Å². The maximum absolute atomic E-state index is 9.59. The van der Waals surface area contributed by atoms with Crippen LogP contribution in [0, 0.1) is 0 Å². The molecule has 0 aliphatic heterocycles. The number of carbonyl (C=O) groups is 1. The van der Waals surface area contributed by atoms with Crippen molar-refractivity contribution in [1.82, 2.24) is 0 Å². The van der Waals surface area contributed by atoms with E-state index in [1.165, 1.54) is 6.42 Å². The Kier molecular flexibility index (Phi) is 4.03. The van der Waals surface area contributed by atoms with Crippen LogP contribution in [-0.4, -0.2) is 31.4 Å². The molecule has 1 aliphatic rings. The summed E-state index contributed by atoms with van der Waals surface area (Å²) in [5, 5.41) is 0. The maximum atomic E-state index is 9.59. The molecule has 0 amide bonds. The summed E-state index contributed by atoms with van der Waals surface area (Å²) in [4.78, 5) is 9.59. The standard InChI is InChI=1S/C5H8O2.Li.H/c6-4-7-5-2-1-3-5;;/h4-5H,1-3H2;;. The van der Waals surface area contributed by atoms with Crippen molar-refractivity contribution in [2.24, 2.45) is 0 Å². The Hall–Kier alpha value is 0.0674. The van der Waals surface area contributed by atoms with Crippen LogP contribution in [0.25, 0.3) is 0 Å². The number of hydrogen-bond donors (Lipinski definition) is 0. The minimum absolute atomic E-state index is 0. The summed E-state index contributed by atoms with van der Waals surface area (Å²) in [6.45, 7) is 0.532. The molecule has 0 heterocycles. The van der Waals surface area contributed by atoms with Crippen LogP contribution in [0.5, 0.6) is 0 Å². The zero-order valence-electron chi connectivity index (χ0n) is 4.09. The summed E-state index contributed by atoms with van der Waals surface area (Å²) in [7, 11) is 0. The van der Waals surface area contributed by atoms with Crippen molar-refractivity contribution in [3.05, 3.63) is 0 Å². The van der Waals surface area contributed by atoms with Crippen LogP contribution in [0.4, 0.5) is 0 Å². The quantitative estimate of drug-likeness (QED) is 0.369. The van der Waals surface area contributed by atoms with E-state index in [-0.39, 0.29) is 25.0 Å². The summed E-state index contributed by atoms with van der Waals surface area (Å²) < 4.78 is 4.60. The van der Waals surface area contributed by atoms with Gasteiger partial charge in [-0.3, -0.25) is 4.79 Å². The zero-order chi connectivity index (χ0) is 5.11. The molecule has 0 aromatic heterocycles. The molecule has 0 unspecified atom stereocenters. The molecule has 0 atom stereocenters. The van der Waals surface area contributed by atoms with Crippen molar-refractivity contribution in [1.29, 1.82) is 0 Å². The van der Waals surface area contributed by atoms with E-state index in [0.717, 1.165) is 12.8 Å². The molecule has 0 aromatic rings. The van der Waals surface area contributed by atoms with Crippen molar-refractivity contribution in [3.63, 3.8) is 0 Å².